The minimum absolute atomic E-state index is 0.0947. The highest BCUT2D eigenvalue weighted by Crippen LogP contribution is 2.21. The first-order valence-electron chi connectivity index (χ1n) is 6.71. The molecule has 0 aliphatic heterocycles. The SMILES string of the molecule is CCOC(=O)c1nc(-c2ccc(C(C)C)cc2)n(C)n1. The van der Waals surface area contributed by atoms with E-state index >= 15 is 0 Å². The van der Waals surface area contributed by atoms with E-state index in [4.69, 9.17) is 4.74 Å². The molecular formula is C15H19N3O2. The highest BCUT2D eigenvalue weighted by atomic mass is 16.5. The van der Waals surface area contributed by atoms with Gasteiger partial charge in [-0.2, -0.15) is 0 Å². The van der Waals surface area contributed by atoms with Crippen LogP contribution < -0.4 is 0 Å². The molecule has 0 bridgehead atoms. The summed E-state index contributed by atoms with van der Waals surface area (Å²) in [7, 11) is 1.77. The van der Waals surface area contributed by atoms with Crippen molar-refractivity contribution in [3.8, 4) is 11.4 Å². The van der Waals surface area contributed by atoms with Crippen LogP contribution in [0.1, 0.15) is 42.9 Å². The van der Waals surface area contributed by atoms with E-state index in [1.807, 2.05) is 12.1 Å². The molecule has 0 fully saturated rings. The van der Waals surface area contributed by atoms with Gasteiger partial charge in [0.2, 0.25) is 0 Å². The van der Waals surface area contributed by atoms with Crippen LogP contribution in [0.3, 0.4) is 0 Å². The van der Waals surface area contributed by atoms with E-state index in [0.29, 0.717) is 18.3 Å². The summed E-state index contributed by atoms with van der Waals surface area (Å²) in [5, 5.41) is 4.09. The van der Waals surface area contributed by atoms with Gasteiger partial charge in [-0.1, -0.05) is 38.1 Å². The van der Waals surface area contributed by atoms with Gasteiger partial charge in [0.25, 0.3) is 5.82 Å². The Labute approximate surface area is 118 Å². The quantitative estimate of drug-likeness (QED) is 0.804. The molecule has 0 saturated carbocycles. The molecule has 5 nitrogen and oxygen atoms in total. The molecule has 0 amide bonds. The minimum atomic E-state index is -0.492. The van der Waals surface area contributed by atoms with Gasteiger partial charge in [0.05, 0.1) is 6.61 Å². The van der Waals surface area contributed by atoms with Crippen LogP contribution in [-0.4, -0.2) is 27.3 Å². The maximum absolute atomic E-state index is 11.6. The largest absolute Gasteiger partial charge is 0.460 e. The maximum Gasteiger partial charge on any atom is 0.378 e. The zero-order valence-corrected chi connectivity index (χ0v) is 12.3. The smallest absolute Gasteiger partial charge is 0.378 e. The second-order valence-electron chi connectivity index (χ2n) is 4.88. The predicted octanol–water partition coefficient (Wildman–Crippen LogP) is 2.78. The van der Waals surface area contributed by atoms with Crippen LogP contribution >= 0.6 is 0 Å². The molecule has 1 aromatic heterocycles. The summed E-state index contributed by atoms with van der Waals surface area (Å²) >= 11 is 0. The van der Waals surface area contributed by atoms with E-state index in [9.17, 15) is 4.79 Å². The third-order valence-electron chi connectivity index (χ3n) is 3.06. The summed E-state index contributed by atoms with van der Waals surface area (Å²) in [4.78, 5) is 15.9. The first-order valence-corrected chi connectivity index (χ1v) is 6.71. The highest BCUT2D eigenvalue weighted by Gasteiger charge is 2.16. The fourth-order valence-electron chi connectivity index (χ4n) is 1.94. The molecule has 0 aliphatic carbocycles. The molecule has 20 heavy (non-hydrogen) atoms. The summed E-state index contributed by atoms with van der Waals surface area (Å²) in [5.41, 5.74) is 2.20. The number of hydrogen-bond donors (Lipinski definition) is 0. The van der Waals surface area contributed by atoms with Gasteiger partial charge in [-0.3, -0.25) is 0 Å². The number of carbonyl (C=O) groups excluding carboxylic acids is 1. The van der Waals surface area contributed by atoms with Crippen LogP contribution in [0.4, 0.5) is 0 Å². The second-order valence-corrected chi connectivity index (χ2v) is 4.88. The summed E-state index contributed by atoms with van der Waals surface area (Å²) < 4.78 is 6.50. The van der Waals surface area contributed by atoms with Crippen molar-refractivity contribution in [2.24, 2.45) is 7.05 Å². The predicted molar refractivity (Wildman–Crippen MR) is 76.5 cm³/mol. The number of nitrogens with zero attached hydrogens (tertiary/aromatic N) is 3. The zero-order chi connectivity index (χ0) is 14.7. The number of esters is 1. The fraction of sp³-hybridized carbons (Fsp3) is 0.400. The normalized spacial score (nSPS) is 10.8. The number of aromatic nitrogens is 3. The third-order valence-corrected chi connectivity index (χ3v) is 3.06. The van der Waals surface area contributed by atoms with Crippen LogP contribution in [-0.2, 0) is 11.8 Å². The lowest BCUT2D eigenvalue weighted by Crippen LogP contribution is -2.07. The van der Waals surface area contributed by atoms with Gasteiger partial charge >= 0.3 is 5.97 Å². The van der Waals surface area contributed by atoms with Crippen molar-refractivity contribution in [1.82, 2.24) is 14.8 Å². The van der Waals surface area contributed by atoms with Gasteiger partial charge in [-0.05, 0) is 18.4 Å². The van der Waals surface area contributed by atoms with Crippen LogP contribution in [0.5, 0.6) is 0 Å². The van der Waals surface area contributed by atoms with E-state index in [1.54, 1.807) is 18.7 Å². The van der Waals surface area contributed by atoms with E-state index in [2.05, 4.69) is 36.1 Å². The second kappa shape index (κ2) is 5.86. The van der Waals surface area contributed by atoms with E-state index < -0.39 is 5.97 Å². The molecule has 1 heterocycles. The molecule has 106 valence electrons. The van der Waals surface area contributed by atoms with E-state index in [0.717, 1.165) is 5.56 Å². The summed E-state index contributed by atoms with van der Waals surface area (Å²) in [6.45, 7) is 6.37. The molecule has 0 atom stereocenters. The molecule has 0 radical (unpaired) electrons. The lowest BCUT2D eigenvalue weighted by molar-refractivity contribution is 0.0512. The first-order chi connectivity index (χ1) is 9.52. The Bertz CT molecular complexity index is 600. The summed E-state index contributed by atoms with van der Waals surface area (Å²) in [5.74, 6) is 0.743. The number of carbonyl (C=O) groups is 1. The van der Waals surface area contributed by atoms with Crippen molar-refractivity contribution >= 4 is 5.97 Å². The molecule has 0 unspecified atom stereocenters. The van der Waals surface area contributed by atoms with Crippen molar-refractivity contribution in [2.75, 3.05) is 6.61 Å². The Morgan fingerprint density at radius 2 is 1.95 bits per heavy atom. The highest BCUT2D eigenvalue weighted by molar-refractivity contribution is 5.85. The van der Waals surface area contributed by atoms with Crippen LogP contribution in [0.2, 0.25) is 0 Å². The van der Waals surface area contributed by atoms with E-state index in [-0.39, 0.29) is 5.82 Å². The Morgan fingerprint density at radius 3 is 2.50 bits per heavy atom. The Kier molecular flexibility index (Phi) is 4.17. The maximum atomic E-state index is 11.6. The molecule has 5 heteroatoms. The lowest BCUT2D eigenvalue weighted by Gasteiger charge is -2.06. The average molecular weight is 273 g/mol. The number of ether oxygens (including phenoxy) is 1. The van der Waals surface area contributed by atoms with Crippen molar-refractivity contribution in [1.29, 1.82) is 0 Å². The Balaban J connectivity index is 2.31. The molecule has 2 rings (SSSR count). The monoisotopic (exact) mass is 273 g/mol. The topological polar surface area (TPSA) is 57.0 Å². The van der Waals surface area contributed by atoms with Crippen LogP contribution in [0.15, 0.2) is 24.3 Å². The van der Waals surface area contributed by atoms with Crippen molar-refractivity contribution in [3.05, 3.63) is 35.7 Å². The number of rotatable bonds is 4. The molecule has 0 saturated heterocycles. The number of benzene rings is 1. The molecule has 1 aromatic carbocycles. The zero-order valence-electron chi connectivity index (χ0n) is 12.3. The van der Waals surface area contributed by atoms with Gasteiger partial charge in [0, 0.05) is 12.6 Å². The fourth-order valence-corrected chi connectivity index (χ4v) is 1.94. The van der Waals surface area contributed by atoms with Crippen LogP contribution in [0, 0.1) is 0 Å². The van der Waals surface area contributed by atoms with Crippen molar-refractivity contribution in [2.45, 2.75) is 26.7 Å². The number of hydrogen-bond acceptors (Lipinski definition) is 4. The summed E-state index contributed by atoms with van der Waals surface area (Å²) in [6.07, 6.45) is 0. The van der Waals surface area contributed by atoms with Gasteiger partial charge < -0.3 is 4.74 Å². The Hall–Kier alpha value is -2.17. The standard InChI is InChI=1S/C15H19N3O2/c1-5-20-15(19)13-16-14(18(4)17-13)12-8-6-11(7-9-12)10(2)3/h6-10H,5H2,1-4H3. The van der Waals surface area contributed by atoms with Gasteiger partial charge in [0.1, 0.15) is 0 Å². The van der Waals surface area contributed by atoms with Gasteiger partial charge in [0.15, 0.2) is 5.82 Å². The molecular weight excluding hydrogens is 254 g/mol. The van der Waals surface area contributed by atoms with Crippen LogP contribution in [0.25, 0.3) is 11.4 Å². The third kappa shape index (κ3) is 2.87. The van der Waals surface area contributed by atoms with Gasteiger partial charge in [-0.15, -0.1) is 5.10 Å². The summed E-state index contributed by atoms with van der Waals surface area (Å²) in [6, 6.07) is 8.12. The van der Waals surface area contributed by atoms with Crippen molar-refractivity contribution < 1.29 is 9.53 Å². The first kappa shape index (κ1) is 14.2. The van der Waals surface area contributed by atoms with Crippen molar-refractivity contribution in [3.63, 3.8) is 0 Å². The minimum Gasteiger partial charge on any atom is -0.460 e. The lowest BCUT2D eigenvalue weighted by atomic mass is 10.0. The van der Waals surface area contributed by atoms with Gasteiger partial charge in [-0.25, -0.2) is 14.5 Å². The molecule has 0 spiro atoms. The molecule has 0 aliphatic rings. The van der Waals surface area contributed by atoms with E-state index in [1.165, 1.54) is 5.56 Å². The average Bonchev–Trinajstić information content (AvgIpc) is 2.81. The number of aryl methyl sites for hydroxylation is 1. The molecule has 0 N–H and O–H groups in total. The molecule has 2 aromatic rings. The Morgan fingerprint density at radius 1 is 1.30 bits per heavy atom.